The van der Waals surface area contributed by atoms with Gasteiger partial charge in [0.05, 0.1) is 10.2 Å². The zero-order valence-corrected chi connectivity index (χ0v) is 16.3. The van der Waals surface area contributed by atoms with E-state index >= 15 is 0 Å². The highest BCUT2D eigenvalue weighted by Gasteiger charge is 2.46. The first kappa shape index (κ1) is 17.4. The van der Waals surface area contributed by atoms with E-state index in [0.29, 0.717) is 37.1 Å². The molecule has 2 aromatic carbocycles. The van der Waals surface area contributed by atoms with Gasteiger partial charge in [-0.2, -0.15) is 0 Å². The van der Waals surface area contributed by atoms with Gasteiger partial charge in [-0.15, -0.1) is 11.3 Å². The number of fused-ring (bicyclic) bond motifs is 1. The number of carbonyl (C=O) groups is 2. The van der Waals surface area contributed by atoms with Crippen molar-refractivity contribution >= 4 is 33.4 Å². The van der Waals surface area contributed by atoms with Gasteiger partial charge in [0.25, 0.3) is 5.91 Å². The SMILES string of the molecule is O=C(c1nc2ccccc2s1)N1CCN(C(=O)[C@H]2C[C@@H]2c2ccccc2)CC1. The molecule has 5 rings (SSSR count). The number of benzene rings is 2. The number of thiazole rings is 1. The van der Waals surface area contributed by atoms with Crippen LogP contribution in [0.4, 0.5) is 0 Å². The highest BCUT2D eigenvalue weighted by atomic mass is 32.1. The molecule has 5 nitrogen and oxygen atoms in total. The summed E-state index contributed by atoms with van der Waals surface area (Å²) in [6.07, 6.45) is 0.938. The van der Waals surface area contributed by atoms with Gasteiger partial charge < -0.3 is 9.80 Å². The summed E-state index contributed by atoms with van der Waals surface area (Å²) in [4.78, 5) is 33.8. The molecule has 0 unspecified atom stereocenters. The molecule has 1 aliphatic heterocycles. The summed E-state index contributed by atoms with van der Waals surface area (Å²) in [6.45, 7) is 2.35. The van der Waals surface area contributed by atoms with Crippen LogP contribution in [-0.4, -0.2) is 52.8 Å². The van der Waals surface area contributed by atoms with Crippen molar-refractivity contribution < 1.29 is 9.59 Å². The third kappa shape index (κ3) is 3.18. The van der Waals surface area contributed by atoms with Crippen molar-refractivity contribution in [3.8, 4) is 0 Å². The molecule has 1 saturated heterocycles. The molecule has 6 heteroatoms. The summed E-state index contributed by atoms with van der Waals surface area (Å²) in [6, 6.07) is 18.1. The van der Waals surface area contributed by atoms with E-state index in [1.807, 2.05) is 52.3 Å². The Morgan fingerprint density at radius 1 is 0.893 bits per heavy atom. The van der Waals surface area contributed by atoms with Gasteiger partial charge in [0.2, 0.25) is 5.91 Å². The average Bonchev–Trinajstić information content (AvgIpc) is 3.44. The van der Waals surface area contributed by atoms with E-state index < -0.39 is 0 Å². The van der Waals surface area contributed by atoms with E-state index in [0.717, 1.165) is 16.6 Å². The van der Waals surface area contributed by atoms with Crippen molar-refractivity contribution in [1.29, 1.82) is 0 Å². The molecule has 2 fully saturated rings. The monoisotopic (exact) mass is 391 g/mol. The minimum Gasteiger partial charge on any atom is -0.339 e. The fourth-order valence-corrected chi connectivity index (χ4v) is 4.93. The summed E-state index contributed by atoms with van der Waals surface area (Å²) in [5.41, 5.74) is 2.12. The molecule has 2 atom stereocenters. The van der Waals surface area contributed by atoms with Gasteiger partial charge >= 0.3 is 0 Å². The summed E-state index contributed by atoms with van der Waals surface area (Å²) >= 11 is 1.44. The maximum absolute atomic E-state index is 12.8. The summed E-state index contributed by atoms with van der Waals surface area (Å²) in [7, 11) is 0. The Labute approximate surface area is 167 Å². The van der Waals surface area contributed by atoms with Crippen molar-refractivity contribution in [2.75, 3.05) is 26.2 Å². The van der Waals surface area contributed by atoms with Crippen LogP contribution >= 0.6 is 11.3 Å². The molecule has 142 valence electrons. The molecule has 1 aliphatic carbocycles. The predicted molar refractivity (Wildman–Crippen MR) is 109 cm³/mol. The van der Waals surface area contributed by atoms with Crippen LogP contribution in [0.1, 0.15) is 27.7 Å². The first-order valence-electron chi connectivity index (χ1n) is 9.69. The number of aromatic nitrogens is 1. The van der Waals surface area contributed by atoms with Gasteiger partial charge in [0.15, 0.2) is 5.01 Å². The molecule has 2 heterocycles. The number of piperazine rings is 1. The summed E-state index contributed by atoms with van der Waals surface area (Å²) in [5.74, 6) is 0.674. The first-order chi connectivity index (χ1) is 13.7. The molecule has 1 aromatic heterocycles. The van der Waals surface area contributed by atoms with Crippen LogP contribution < -0.4 is 0 Å². The smallest absolute Gasteiger partial charge is 0.282 e. The predicted octanol–water partition coefficient (Wildman–Crippen LogP) is 3.38. The van der Waals surface area contributed by atoms with Gasteiger partial charge in [-0.3, -0.25) is 9.59 Å². The maximum atomic E-state index is 12.8. The Bertz CT molecular complexity index is 991. The Morgan fingerprint density at radius 2 is 1.57 bits per heavy atom. The van der Waals surface area contributed by atoms with Crippen LogP contribution in [0.2, 0.25) is 0 Å². The van der Waals surface area contributed by atoms with E-state index in [1.165, 1.54) is 16.9 Å². The van der Waals surface area contributed by atoms with E-state index in [9.17, 15) is 9.59 Å². The number of hydrogen-bond donors (Lipinski definition) is 0. The molecule has 0 radical (unpaired) electrons. The van der Waals surface area contributed by atoms with E-state index in [2.05, 4.69) is 17.1 Å². The van der Waals surface area contributed by atoms with Crippen molar-refractivity contribution in [2.24, 2.45) is 5.92 Å². The molecule has 0 spiro atoms. The van der Waals surface area contributed by atoms with Gasteiger partial charge in [0.1, 0.15) is 0 Å². The molecule has 3 aromatic rings. The van der Waals surface area contributed by atoms with Crippen molar-refractivity contribution in [3.63, 3.8) is 0 Å². The van der Waals surface area contributed by atoms with Crippen molar-refractivity contribution in [2.45, 2.75) is 12.3 Å². The highest BCUT2D eigenvalue weighted by Crippen LogP contribution is 2.48. The number of nitrogens with zero attached hydrogens (tertiary/aromatic N) is 3. The lowest BCUT2D eigenvalue weighted by atomic mass is 10.1. The highest BCUT2D eigenvalue weighted by molar-refractivity contribution is 7.20. The van der Waals surface area contributed by atoms with E-state index in [1.54, 1.807) is 0 Å². The normalized spacial score (nSPS) is 21.7. The zero-order chi connectivity index (χ0) is 19.1. The Hall–Kier alpha value is -2.73. The fraction of sp³-hybridized carbons (Fsp3) is 0.318. The molecule has 2 amide bonds. The van der Waals surface area contributed by atoms with Gasteiger partial charge in [-0.1, -0.05) is 42.5 Å². The minimum absolute atomic E-state index is 0.0260. The van der Waals surface area contributed by atoms with Crippen LogP contribution in [-0.2, 0) is 4.79 Å². The van der Waals surface area contributed by atoms with Crippen LogP contribution in [0.25, 0.3) is 10.2 Å². The molecule has 2 aliphatic rings. The summed E-state index contributed by atoms with van der Waals surface area (Å²) in [5, 5.41) is 0.535. The number of amides is 2. The molecule has 1 saturated carbocycles. The standard InChI is InChI=1S/C22H21N3O2S/c26-21(17-14-16(17)15-6-2-1-3-7-15)24-10-12-25(13-11-24)22(27)20-23-18-8-4-5-9-19(18)28-20/h1-9,16-17H,10-14H2/t16-,17+/m1/s1. The van der Waals surface area contributed by atoms with Crippen LogP contribution in [0.15, 0.2) is 54.6 Å². The minimum atomic E-state index is -0.0260. The van der Waals surface area contributed by atoms with Gasteiger partial charge in [-0.25, -0.2) is 4.98 Å². The number of para-hydroxylation sites is 1. The number of rotatable bonds is 3. The van der Waals surface area contributed by atoms with Crippen LogP contribution in [0.3, 0.4) is 0 Å². The van der Waals surface area contributed by atoms with Gasteiger partial charge in [0, 0.05) is 32.1 Å². The maximum Gasteiger partial charge on any atom is 0.282 e. The second-order valence-corrected chi connectivity index (χ2v) is 8.49. The lowest BCUT2D eigenvalue weighted by molar-refractivity contribution is -0.134. The Morgan fingerprint density at radius 3 is 2.32 bits per heavy atom. The summed E-state index contributed by atoms with van der Waals surface area (Å²) < 4.78 is 1.03. The average molecular weight is 391 g/mol. The van der Waals surface area contributed by atoms with Crippen molar-refractivity contribution in [1.82, 2.24) is 14.8 Å². The third-order valence-electron chi connectivity index (χ3n) is 5.69. The molecule has 28 heavy (non-hydrogen) atoms. The molecular weight excluding hydrogens is 370 g/mol. The second kappa shape index (κ2) is 7.02. The lowest BCUT2D eigenvalue weighted by Gasteiger charge is -2.34. The van der Waals surface area contributed by atoms with Crippen LogP contribution in [0, 0.1) is 5.92 Å². The van der Waals surface area contributed by atoms with E-state index in [4.69, 9.17) is 0 Å². The van der Waals surface area contributed by atoms with E-state index in [-0.39, 0.29) is 17.7 Å². The first-order valence-corrected chi connectivity index (χ1v) is 10.5. The third-order valence-corrected chi connectivity index (χ3v) is 6.72. The lowest BCUT2D eigenvalue weighted by Crippen LogP contribution is -2.51. The van der Waals surface area contributed by atoms with Gasteiger partial charge in [-0.05, 0) is 30.0 Å². The molecule has 0 N–H and O–H groups in total. The largest absolute Gasteiger partial charge is 0.339 e. The fourth-order valence-electron chi connectivity index (χ4n) is 4.00. The number of hydrogen-bond acceptors (Lipinski definition) is 4. The Kier molecular flexibility index (Phi) is 4.36. The molecule has 0 bridgehead atoms. The van der Waals surface area contributed by atoms with Crippen LogP contribution in [0.5, 0.6) is 0 Å². The Balaban J connectivity index is 1.19. The number of carbonyl (C=O) groups excluding carboxylic acids is 2. The van der Waals surface area contributed by atoms with Crippen molar-refractivity contribution in [3.05, 3.63) is 65.2 Å². The quantitative estimate of drug-likeness (QED) is 0.688. The zero-order valence-electron chi connectivity index (χ0n) is 15.5. The molecular formula is C22H21N3O2S. The second-order valence-electron chi connectivity index (χ2n) is 7.46. The topological polar surface area (TPSA) is 53.5 Å².